The maximum absolute atomic E-state index is 11.6. The minimum atomic E-state index is 0.0930. The summed E-state index contributed by atoms with van der Waals surface area (Å²) in [5, 5.41) is 2.95. The van der Waals surface area contributed by atoms with Gasteiger partial charge in [0.1, 0.15) is 0 Å². The molecule has 0 aromatic heterocycles. The zero-order chi connectivity index (χ0) is 12.0. The lowest BCUT2D eigenvalue weighted by Crippen LogP contribution is -2.31. The summed E-state index contributed by atoms with van der Waals surface area (Å²) in [7, 11) is 0. The van der Waals surface area contributed by atoms with Gasteiger partial charge in [0, 0.05) is 12.5 Å². The minimum Gasteiger partial charge on any atom is -0.354 e. The van der Waals surface area contributed by atoms with Crippen molar-refractivity contribution in [2.45, 2.75) is 25.1 Å². The van der Waals surface area contributed by atoms with Crippen LogP contribution in [0.2, 0.25) is 0 Å². The fraction of sp³-hybridized carbons (Fsp3) is 0.462. The number of benzene rings is 1. The van der Waals surface area contributed by atoms with E-state index in [0.29, 0.717) is 6.54 Å². The van der Waals surface area contributed by atoms with Crippen LogP contribution in [0.4, 0.5) is 0 Å². The van der Waals surface area contributed by atoms with Crippen molar-refractivity contribution >= 4 is 21.8 Å². The highest BCUT2D eigenvalue weighted by Crippen LogP contribution is 2.21. The molecule has 0 radical (unpaired) electrons. The summed E-state index contributed by atoms with van der Waals surface area (Å²) in [6.45, 7) is 4.60. The van der Waals surface area contributed by atoms with E-state index in [-0.39, 0.29) is 16.7 Å². The zero-order valence-corrected chi connectivity index (χ0v) is 11.3. The van der Waals surface area contributed by atoms with Crippen molar-refractivity contribution in [2.24, 2.45) is 5.92 Å². The van der Waals surface area contributed by atoms with E-state index < -0.39 is 0 Å². The number of alkyl halides is 1. The lowest BCUT2D eigenvalue weighted by molar-refractivity contribution is -0.124. The van der Waals surface area contributed by atoms with Crippen LogP contribution in [0.3, 0.4) is 0 Å². The van der Waals surface area contributed by atoms with Gasteiger partial charge >= 0.3 is 0 Å². The molecular weight excluding hydrogens is 266 g/mol. The molecule has 1 amide bonds. The van der Waals surface area contributed by atoms with Crippen molar-refractivity contribution < 1.29 is 4.79 Å². The topological polar surface area (TPSA) is 29.1 Å². The van der Waals surface area contributed by atoms with Gasteiger partial charge < -0.3 is 5.32 Å². The second-order valence-corrected chi connectivity index (χ2v) is 5.04. The van der Waals surface area contributed by atoms with Crippen LogP contribution in [0.1, 0.15) is 30.7 Å². The molecule has 0 fully saturated rings. The van der Waals surface area contributed by atoms with E-state index >= 15 is 0 Å². The quantitative estimate of drug-likeness (QED) is 0.826. The van der Waals surface area contributed by atoms with Crippen LogP contribution in [0.5, 0.6) is 0 Å². The van der Waals surface area contributed by atoms with Crippen molar-refractivity contribution in [1.29, 1.82) is 0 Å². The van der Waals surface area contributed by atoms with Crippen LogP contribution < -0.4 is 5.32 Å². The highest BCUT2D eigenvalue weighted by atomic mass is 79.9. The summed E-state index contributed by atoms with van der Waals surface area (Å²) in [5.74, 6) is 0.221. The predicted octanol–water partition coefficient (Wildman–Crippen LogP) is 3.28. The highest BCUT2D eigenvalue weighted by Gasteiger charge is 2.12. The molecule has 1 rings (SSSR count). The van der Waals surface area contributed by atoms with Gasteiger partial charge in [-0.25, -0.2) is 0 Å². The third-order valence-corrected chi connectivity index (χ3v) is 3.53. The van der Waals surface area contributed by atoms with E-state index in [2.05, 4.69) is 33.4 Å². The Kier molecular flexibility index (Phi) is 5.53. The molecular formula is C13H18BrNO. The third-order valence-electron chi connectivity index (χ3n) is 2.68. The van der Waals surface area contributed by atoms with Gasteiger partial charge in [0.2, 0.25) is 5.91 Å². The molecule has 0 saturated carbocycles. The Morgan fingerprint density at radius 1 is 1.38 bits per heavy atom. The standard InChI is InChI=1S/C13H18BrNO/c1-3-10(2)13(16)15-9-12(14)11-7-5-4-6-8-11/h4-8,10,12H,3,9H2,1-2H3,(H,15,16). The second-order valence-electron chi connectivity index (χ2n) is 3.93. The lowest BCUT2D eigenvalue weighted by Gasteiger charge is -2.14. The number of carbonyl (C=O) groups is 1. The molecule has 0 aliphatic carbocycles. The maximum Gasteiger partial charge on any atom is 0.222 e. The van der Waals surface area contributed by atoms with Gasteiger partial charge in [0.05, 0.1) is 4.83 Å². The van der Waals surface area contributed by atoms with Crippen molar-refractivity contribution in [3.05, 3.63) is 35.9 Å². The van der Waals surface area contributed by atoms with Crippen molar-refractivity contribution in [1.82, 2.24) is 5.32 Å². The van der Waals surface area contributed by atoms with E-state index in [4.69, 9.17) is 0 Å². The minimum absolute atomic E-state index is 0.0930. The molecule has 0 aliphatic rings. The smallest absolute Gasteiger partial charge is 0.222 e. The fourth-order valence-corrected chi connectivity index (χ4v) is 1.80. The van der Waals surface area contributed by atoms with Gasteiger partial charge in [-0.3, -0.25) is 4.79 Å². The Balaban J connectivity index is 2.42. The molecule has 3 heteroatoms. The Bertz CT molecular complexity index is 326. The molecule has 2 unspecified atom stereocenters. The molecule has 0 saturated heterocycles. The van der Waals surface area contributed by atoms with Crippen molar-refractivity contribution in [3.63, 3.8) is 0 Å². The van der Waals surface area contributed by atoms with Crippen LogP contribution in [-0.2, 0) is 4.79 Å². The van der Waals surface area contributed by atoms with Crippen molar-refractivity contribution in [3.8, 4) is 0 Å². The molecule has 1 aromatic carbocycles. The molecule has 2 atom stereocenters. The van der Waals surface area contributed by atoms with E-state index in [0.717, 1.165) is 6.42 Å². The summed E-state index contributed by atoms with van der Waals surface area (Å²) in [6, 6.07) is 10.1. The van der Waals surface area contributed by atoms with Crippen LogP contribution in [0.25, 0.3) is 0 Å². The average molecular weight is 284 g/mol. The molecule has 0 spiro atoms. The SMILES string of the molecule is CCC(C)C(=O)NCC(Br)c1ccccc1. The second kappa shape index (κ2) is 6.69. The Labute approximate surface area is 106 Å². The van der Waals surface area contributed by atoms with E-state index in [1.807, 2.05) is 32.0 Å². The first-order valence-electron chi connectivity index (χ1n) is 5.61. The van der Waals surface area contributed by atoms with Crippen LogP contribution in [0.15, 0.2) is 30.3 Å². The molecule has 16 heavy (non-hydrogen) atoms. The predicted molar refractivity (Wildman–Crippen MR) is 70.6 cm³/mol. The van der Waals surface area contributed by atoms with E-state index in [1.165, 1.54) is 5.56 Å². The number of hydrogen-bond acceptors (Lipinski definition) is 1. The Hall–Kier alpha value is -0.830. The van der Waals surface area contributed by atoms with Gasteiger partial charge in [0.15, 0.2) is 0 Å². The summed E-state index contributed by atoms with van der Waals surface area (Å²) < 4.78 is 0. The molecule has 0 bridgehead atoms. The number of hydrogen-bond donors (Lipinski definition) is 1. The normalized spacial score (nSPS) is 14.2. The molecule has 0 heterocycles. The molecule has 1 aromatic rings. The van der Waals surface area contributed by atoms with Gasteiger partial charge in [0.25, 0.3) is 0 Å². The molecule has 0 aliphatic heterocycles. The average Bonchev–Trinajstić information content (AvgIpc) is 2.35. The molecule has 88 valence electrons. The summed E-state index contributed by atoms with van der Waals surface area (Å²) >= 11 is 3.57. The lowest BCUT2D eigenvalue weighted by atomic mass is 10.1. The van der Waals surface area contributed by atoms with Gasteiger partial charge in [-0.2, -0.15) is 0 Å². The number of carbonyl (C=O) groups excluding carboxylic acids is 1. The largest absolute Gasteiger partial charge is 0.354 e. The fourth-order valence-electron chi connectivity index (χ4n) is 1.33. The van der Waals surface area contributed by atoms with E-state index in [9.17, 15) is 4.79 Å². The number of rotatable bonds is 5. The zero-order valence-electron chi connectivity index (χ0n) is 9.74. The number of amides is 1. The Morgan fingerprint density at radius 3 is 2.56 bits per heavy atom. The van der Waals surface area contributed by atoms with Crippen LogP contribution in [-0.4, -0.2) is 12.5 Å². The van der Waals surface area contributed by atoms with Gasteiger partial charge in [-0.1, -0.05) is 60.1 Å². The summed E-state index contributed by atoms with van der Waals surface area (Å²) in [5.41, 5.74) is 1.19. The summed E-state index contributed by atoms with van der Waals surface area (Å²) in [6.07, 6.45) is 0.879. The first-order valence-corrected chi connectivity index (χ1v) is 6.53. The van der Waals surface area contributed by atoms with Gasteiger partial charge in [-0.15, -0.1) is 0 Å². The first kappa shape index (κ1) is 13.2. The van der Waals surface area contributed by atoms with Crippen LogP contribution in [0, 0.1) is 5.92 Å². The first-order chi connectivity index (χ1) is 7.65. The monoisotopic (exact) mass is 283 g/mol. The number of nitrogens with one attached hydrogen (secondary N) is 1. The van der Waals surface area contributed by atoms with E-state index in [1.54, 1.807) is 0 Å². The number of halogens is 1. The van der Waals surface area contributed by atoms with Crippen LogP contribution >= 0.6 is 15.9 Å². The van der Waals surface area contributed by atoms with Crippen molar-refractivity contribution in [2.75, 3.05) is 6.54 Å². The molecule has 2 nitrogen and oxygen atoms in total. The Morgan fingerprint density at radius 2 is 2.00 bits per heavy atom. The van der Waals surface area contributed by atoms with Gasteiger partial charge in [-0.05, 0) is 12.0 Å². The molecule has 1 N–H and O–H groups in total. The highest BCUT2D eigenvalue weighted by molar-refractivity contribution is 9.09. The third kappa shape index (κ3) is 3.97. The maximum atomic E-state index is 11.6. The summed E-state index contributed by atoms with van der Waals surface area (Å²) in [4.78, 5) is 11.8.